The summed E-state index contributed by atoms with van der Waals surface area (Å²) in [7, 11) is 0. The second kappa shape index (κ2) is 8.47. The summed E-state index contributed by atoms with van der Waals surface area (Å²) >= 11 is 5.90. The molecule has 1 atom stereocenters. The van der Waals surface area contributed by atoms with Crippen molar-refractivity contribution < 1.29 is 14.4 Å². The van der Waals surface area contributed by atoms with E-state index in [2.05, 4.69) is 15.6 Å². The molecule has 4 rings (SSSR count). The SMILES string of the molecule is O=C(NCc1cccnc1)c1ccc2c(c1)C(=O)C(Cc1ccc(Cl)cc1)C(=O)N2. The highest BCUT2D eigenvalue weighted by Gasteiger charge is 2.34. The number of nitrogens with one attached hydrogen (secondary N) is 2. The van der Waals surface area contributed by atoms with Crippen molar-refractivity contribution in [1.29, 1.82) is 0 Å². The maximum Gasteiger partial charge on any atom is 0.251 e. The zero-order valence-electron chi connectivity index (χ0n) is 15.9. The Bertz CT molecular complexity index is 1110. The van der Waals surface area contributed by atoms with Crippen molar-refractivity contribution in [2.24, 2.45) is 5.92 Å². The van der Waals surface area contributed by atoms with Crippen molar-refractivity contribution in [3.63, 3.8) is 0 Å². The van der Waals surface area contributed by atoms with E-state index in [0.29, 0.717) is 28.4 Å². The largest absolute Gasteiger partial charge is 0.348 e. The molecule has 0 saturated carbocycles. The van der Waals surface area contributed by atoms with E-state index in [-0.39, 0.29) is 24.0 Å². The Kier molecular flexibility index (Phi) is 5.59. The highest BCUT2D eigenvalue weighted by Crippen LogP contribution is 2.29. The number of ketones is 1. The Hall–Kier alpha value is -3.51. The van der Waals surface area contributed by atoms with Gasteiger partial charge >= 0.3 is 0 Å². The lowest BCUT2D eigenvalue weighted by molar-refractivity contribution is -0.118. The molecular formula is C23H18ClN3O3. The number of rotatable bonds is 5. The van der Waals surface area contributed by atoms with Gasteiger partial charge in [0.05, 0.1) is 5.69 Å². The lowest BCUT2D eigenvalue weighted by atomic mass is 9.86. The Morgan fingerprint density at radius 1 is 1.07 bits per heavy atom. The molecule has 7 heteroatoms. The van der Waals surface area contributed by atoms with Gasteiger partial charge in [0.25, 0.3) is 5.91 Å². The lowest BCUT2D eigenvalue weighted by Crippen LogP contribution is -2.37. The zero-order valence-corrected chi connectivity index (χ0v) is 16.6. The molecule has 1 aliphatic rings. The van der Waals surface area contributed by atoms with Gasteiger partial charge in [-0.3, -0.25) is 19.4 Å². The molecule has 0 radical (unpaired) electrons. The van der Waals surface area contributed by atoms with Crippen LogP contribution in [-0.4, -0.2) is 22.6 Å². The van der Waals surface area contributed by atoms with Gasteiger partial charge in [0.1, 0.15) is 5.92 Å². The molecule has 1 unspecified atom stereocenters. The minimum Gasteiger partial charge on any atom is -0.348 e. The molecule has 2 heterocycles. The van der Waals surface area contributed by atoms with Crippen molar-refractivity contribution in [2.45, 2.75) is 13.0 Å². The summed E-state index contributed by atoms with van der Waals surface area (Å²) in [6, 6.07) is 15.4. The number of amides is 2. The molecule has 1 aromatic heterocycles. The van der Waals surface area contributed by atoms with Crippen LogP contribution in [0, 0.1) is 5.92 Å². The van der Waals surface area contributed by atoms with Crippen LogP contribution in [0.4, 0.5) is 5.69 Å². The minimum atomic E-state index is -0.854. The third-order valence-electron chi connectivity index (χ3n) is 4.97. The first-order chi connectivity index (χ1) is 14.5. The molecule has 6 nitrogen and oxygen atoms in total. The standard InChI is InChI=1S/C23H18ClN3O3/c24-17-6-3-14(4-7-17)10-19-21(28)18-11-16(5-8-20(18)27-23(19)30)22(29)26-13-15-2-1-9-25-12-15/h1-9,11-12,19H,10,13H2,(H,26,29)(H,27,30). The number of carbonyl (C=O) groups excluding carboxylic acids is 3. The van der Waals surface area contributed by atoms with Crippen molar-refractivity contribution >= 4 is 34.9 Å². The van der Waals surface area contributed by atoms with Crippen molar-refractivity contribution in [2.75, 3.05) is 5.32 Å². The highest BCUT2D eigenvalue weighted by atomic mass is 35.5. The summed E-state index contributed by atoms with van der Waals surface area (Å²) in [5, 5.41) is 6.17. The maximum absolute atomic E-state index is 13.0. The average Bonchev–Trinajstić information content (AvgIpc) is 2.77. The third-order valence-corrected chi connectivity index (χ3v) is 5.22. The number of fused-ring (bicyclic) bond motifs is 1. The molecule has 0 fully saturated rings. The Morgan fingerprint density at radius 2 is 1.87 bits per heavy atom. The van der Waals surface area contributed by atoms with Crippen LogP contribution in [0.2, 0.25) is 5.02 Å². The zero-order chi connectivity index (χ0) is 21.1. The second-order valence-electron chi connectivity index (χ2n) is 7.04. The van der Waals surface area contributed by atoms with Crippen molar-refractivity contribution in [3.8, 4) is 0 Å². The van der Waals surface area contributed by atoms with E-state index in [9.17, 15) is 14.4 Å². The molecule has 0 saturated heterocycles. The van der Waals surface area contributed by atoms with E-state index in [1.54, 1.807) is 54.9 Å². The smallest absolute Gasteiger partial charge is 0.251 e. The van der Waals surface area contributed by atoms with Crippen LogP contribution in [0.25, 0.3) is 0 Å². The summed E-state index contributed by atoms with van der Waals surface area (Å²) in [6.45, 7) is 0.327. The van der Waals surface area contributed by atoms with Crippen molar-refractivity contribution in [1.82, 2.24) is 10.3 Å². The van der Waals surface area contributed by atoms with Crippen LogP contribution >= 0.6 is 11.6 Å². The summed E-state index contributed by atoms with van der Waals surface area (Å²) in [4.78, 5) is 42.1. The van der Waals surface area contributed by atoms with Gasteiger partial charge in [0, 0.05) is 35.1 Å². The molecule has 1 aliphatic heterocycles. The van der Waals surface area contributed by atoms with E-state index < -0.39 is 5.92 Å². The maximum atomic E-state index is 13.0. The molecule has 0 spiro atoms. The van der Waals surface area contributed by atoms with Crippen LogP contribution in [0.3, 0.4) is 0 Å². The monoisotopic (exact) mass is 419 g/mol. The van der Waals surface area contributed by atoms with Gasteiger partial charge in [-0.15, -0.1) is 0 Å². The van der Waals surface area contributed by atoms with Crippen molar-refractivity contribution in [3.05, 3.63) is 94.3 Å². The molecule has 0 aliphatic carbocycles. The first kappa shape index (κ1) is 19.8. The Labute approximate surface area is 178 Å². The van der Waals surface area contributed by atoms with E-state index in [1.165, 1.54) is 6.07 Å². The number of Topliss-reactive ketones (excluding diaryl/α,β-unsaturated/α-hetero) is 1. The number of nitrogens with zero attached hydrogens (tertiary/aromatic N) is 1. The number of hydrogen-bond acceptors (Lipinski definition) is 4. The third kappa shape index (κ3) is 4.23. The van der Waals surface area contributed by atoms with Gasteiger partial charge in [0.15, 0.2) is 5.78 Å². The fraction of sp³-hybridized carbons (Fsp3) is 0.130. The number of aromatic nitrogens is 1. The van der Waals surface area contributed by atoms with Crippen LogP contribution in [0.5, 0.6) is 0 Å². The number of anilines is 1. The fourth-order valence-electron chi connectivity index (χ4n) is 3.35. The minimum absolute atomic E-state index is 0.263. The summed E-state index contributed by atoms with van der Waals surface area (Å²) in [5.74, 6) is -1.81. The van der Waals surface area contributed by atoms with Gasteiger partial charge in [-0.25, -0.2) is 0 Å². The molecule has 3 aromatic rings. The molecular weight excluding hydrogens is 402 g/mol. The summed E-state index contributed by atoms with van der Waals surface area (Å²) in [5.41, 5.74) is 2.81. The topological polar surface area (TPSA) is 88.2 Å². The summed E-state index contributed by atoms with van der Waals surface area (Å²) < 4.78 is 0. The number of hydrogen-bond donors (Lipinski definition) is 2. The number of benzene rings is 2. The lowest BCUT2D eigenvalue weighted by Gasteiger charge is -2.24. The number of pyridine rings is 1. The first-order valence-corrected chi connectivity index (χ1v) is 9.80. The second-order valence-corrected chi connectivity index (χ2v) is 7.48. The van der Waals surface area contributed by atoms with Gasteiger partial charge in [0.2, 0.25) is 5.91 Å². The quantitative estimate of drug-likeness (QED) is 0.618. The van der Waals surface area contributed by atoms with E-state index in [0.717, 1.165) is 11.1 Å². The molecule has 150 valence electrons. The molecule has 2 aromatic carbocycles. The van der Waals surface area contributed by atoms with Gasteiger partial charge in [-0.2, -0.15) is 0 Å². The van der Waals surface area contributed by atoms with Gasteiger partial charge < -0.3 is 10.6 Å². The Morgan fingerprint density at radius 3 is 2.60 bits per heavy atom. The molecule has 2 amide bonds. The predicted octanol–water partition coefficient (Wildman–Crippen LogP) is 3.66. The molecule has 0 bridgehead atoms. The van der Waals surface area contributed by atoms with E-state index >= 15 is 0 Å². The number of carbonyl (C=O) groups is 3. The van der Waals surface area contributed by atoms with Gasteiger partial charge in [-0.1, -0.05) is 29.8 Å². The first-order valence-electron chi connectivity index (χ1n) is 9.42. The fourth-order valence-corrected chi connectivity index (χ4v) is 3.48. The van der Waals surface area contributed by atoms with Crippen LogP contribution in [0.1, 0.15) is 31.8 Å². The predicted molar refractivity (Wildman–Crippen MR) is 113 cm³/mol. The van der Waals surface area contributed by atoms with E-state index in [4.69, 9.17) is 11.6 Å². The highest BCUT2D eigenvalue weighted by molar-refractivity contribution is 6.30. The average molecular weight is 420 g/mol. The van der Waals surface area contributed by atoms with Crippen LogP contribution in [-0.2, 0) is 17.8 Å². The normalized spacial score (nSPS) is 15.3. The number of halogens is 1. The van der Waals surface area contributed by atoms with Gasteiger partial charge in [-0.05, 0) is 53.9 Å². The Balaban J connectivity index is 1.52. The summed E-state index contributed by atoms with van der Waals surface area (Å²) in [6.07, 6.45) is 3.60. The molecule has 30 heavy (non-hydrogen) atoms. The molecule has 2 N–H and O–H groups in total. The van der Waals surface area contributed by atoms with Crippen LogP contribution in [0.15, 0.2) is 67.0 Å². The van der Waals surface area contributed by atoms with Crippen LogP contribution < -0.4 is 10.6 Å². The van der Waals surface area contributed by atoms with E-state index in [1.807, 2.05) is 6.07 Å².